The molecule has 0 aromatic carbocycles. The van der Waals surface area contributed by atoms with Crippen LogP contribution in [0.2, 0.25) is 0 Å². The third kappa shape index (κ3) is 3.18. The van der Waals surface area contributed by atoms with Gasteiger partial charge in [0.1, 0.15) is 6.04 Å². The third-order valence-corrected chi connectivity index (χ3v) is 2.37. The molecule has 2 N–H and O–H groups in total. The van der Waals surface area contributed by atoms with E-state index in [0.29, 0.717) is 0 Å². The number of urea groups is 1. The number of rotatable bonds is 2. The molecular weight excluding hydrogens is 311 g/mol. The molecule has 1 unspecified atom stereocenters. The molecule has 0 radical (unpaired) electrons. The van der Waals surface area contributed by atoms with Crippen LogP contribution in [0.4, 0.5) is 4.79 Å². The lowest BCUT2D eigenvalue weighted by atomic mass is 10.3. The fourth-order valence-electron chi connectivity index (χ4n) is 0.926. The van der Waals surface area contributed by atoms with E-state index in [-0.39, 0.29) is 0 Å². The topological polar surface area (TPSA) is 76.0 Å². The van der Waals surface area contributed by atoms with E-state index in [1.54, 1.807) is 19.3 Å². The van der Waals surface area contributed by atoms with Gasteiger partial charge in [0.15, 0.2) is 0 Å². The first-order chi connectivity index (χ1) is 7.04. The summed E-state index contributed by atoms with van der Waals surface area (Å²) in [7, 11) is 1.45. The highest BCUT2D eigenvalue weighted by molar-refractivity contribution is 14.1. The SMILES string of the molecule is CNC(=O)NC(=O)C(C)n1cc(I)cn1. The molecule has 1 heterocycles. The molecule has 1 aromatic heterocycles. The second kappa shape index (κ2) is 5.10. The predicted octanol–water partition coefficient (Wildman–Crippen LogP) is 0.504. The molecule has 0 aliphatic rings. The summed E-state index contributed by atoms with van der Waals surface area (Å²) in [5.41, 5.74) is 0. The van der Waals surface area contributed by atoms with Gasteiger partial charge in [0.2, 0.25) is 0 Å². The molecule has 15 heavy (non-hydrogen) atoms. The monoisotopic (exact) mass is 322 g/mol. The lowest BCUT2D eigenvalue weighted by Crippen LogP contribution is -2.40. The molecule has 0 saturated carbocycles. The Hall–Kier alpha value is -1.12. The smallest absolute Gasteiger partial charge is 0.321 e. The zero-order valence-corrected chi connectivity index (χ0v) is 10.5. The van der Waals surface area contributed by atoms with Crippen LogP contribution in [-0.2, 0) is 4.79 Å². The Morgan fingerprint density at radius 3 is 2.73 bits per heavy atom. The predicted molar refractivity (Wildman–Crippen MR) is 62.3 cm³/mol. The Bertz CT molecular complexity index is 376. The Morgan fingerprint density at radius 1 is 1.60 bits per heavy atom. The normalized spacial score (nSPS) is 11.9. The van der Waals surface area contributed by atoms with Crippen LogP contribution >= 0.6 is 22.6 Å². The van der Waals surface area contributed by atoms with Crippen molar-refractivity contribution in [2.24, 2.45) is 0 Å². The van der Waals surface area contributed by atoms with E-state index in [0.717, 1.165) is 3.57 Å². The summed E-state index contributed by atoms with van der Waals surface area (Å²) in [6, 6.07) is -1.03. The molecule has 1 rings (SSSR count). The number of nitrogens with zero attached hydrogens (tertiary/aromatic N) is 2. The fourth-order valence-corrected chi connectivity index (χ4v) is 1.34. The number of carbonyl (C=O) groups excluding carboxylic acids is 2. The van der Waals surface area contributed by atoms with E-state index in [1.807, 2.05) is 0 Å². The van der Waals surface area contributed by atoms with Crippen molar-refractivity contribution in [2.45, 2.75) is 13.0 Å². The fraction of sp³-hybridized carbons (Fsp3) is 0.375. The molecule has 0 saturated heterocycles. The van der Waals surface area contributed by atoms with E-state index < -0.39 is 18.0 Å². The molecule has 0 aliphatic carbocycles. The molecule has 1 aromatic rings. The van der Waals surface area contributed by atoms with Crippen molar-refractivity contribution in [3.8, 4) is 0 Å². The Balaban J connectivity index is 2.64. The summed E-state index contributed by atoms with van der Waals surface area (Å²) in [4.78, 5) is 22.4. The molecule has 82 valence electrons. The lowest BCUT2D eigenvalue weighted by Gasteiger charge is -2.11. The zero-order chi connectivity index (χ0) is 11.4. The summed E-state index contributed by atoms with van der Waals surface area (Å²) in [5, 5.41) is 8.48. The van der Waals surface area contributed by atoms with Crippen molar-refractivity contribution < 1.29 is 9.59 Å². The molecular formula is C8H11IN4O2. The molecule has 0 aliphatic heterocycles. The first-order valence-corrected chi connectivity index (χ1v) is 5.34. The molecule has 0 fully saturated rings. The quantitative estimate of drug-likeness (QED) is 0.779. The minimum absolute atomic E-state index is 0.395. The van der Waals surface area contributed by atoms with Gasteiger partial charge in [-0.25, -0.2) is 4.79 Å². The van der Waals surface area contributed by atoms with Gasteiger partial charge >= 0.3 is 6.03 Å². The Morgan fingerprint density at radius 2 is 2.27 bits per heavy atom. The lowest BCUT2D eigenvalue weighted by molar-refractivity contribution is -0.123. The van der Waals surface area contributed by atoms with Gasteiger partial charge in [-0.1, -0.05) is 0 Å². The zero-order valence-electron chi connectivity index (χ0n) is 8.32. The van der Waals surface area contributed by atoms with Crippen molar-refractivity contribution in [2.75, 3.05) is 7.05 Å². The van der Waals surface area contributed by atoms with Gasteiger partial charge < -0.3 is 5.32 Å². The van der Waals surface area contributed by atoms with Gasteiger partial charge in [0, 0.05) is 13.2 Å². The van der Waals surface area contributed by atoms with E-state index in [2.05, 4.69) is 38.3 Å². The van der Waals surface area contributed by atoms with Crippen LogP contribution in [0.25, 0.3) is 0 Å². The number of carbonyl (C=O) groups is 2. The van der Waals surface area contributed by atoms with Gasteiger partial charge in [-0.3, -0.25) is 14.8 Å². The van der Waals surface area contributed by atoms with Crippen molar-refractivity contribution in [3.63, 3.8) is 0 Å². The number of hydrogen-bond donors (Lipinski definition) is 2. The van der Waals surface area contributed by atoms with Crippen LogP contribution in [0.3, 0.4) is 0 Å². The molecule has 6 nitrogen and oxygen atoms in total. The maximum Gasteiger partial charge on any atom is 0.321 e. The van der Waals surface area contributed by atoms with Gasteiger partial charge in [0.25, 0.3) is 5.91 Å². The van der Waals surface area contributed by atoms with E-state index in [4.69, 9.17) is 0 Å². The average molecular weight is 322 g/mol. The van der Waals surface area contributed by atoms with Crippen LogP contribution in [0, 0.1) is 3.57 Å². The van der Waals surface area contributed by atoms with Crippen LogP contribution in [0.5, 0.6) is 0 Å². The van der Waals surface area contributed by atoms with Crippen molar-refractivity contribution in [1.29, 1.82) is 0 Å². The van der Waals surface area contributed by atoms with Gasteiger partial charge in [0.05, 0.1) is 9.77 Å². The van der Waals surface area contributed by atoms with Gasteiger partial charge in [-0.2, -0.15) is 5.10 Å². The molecule has 1 atom stereocenters. The Kier molecular flexibility index (Phi) is 4.06. The van der Waals surface area contributed by atoms with Crippen molar-refractivity contribution >= 4 is 34.5 Å². The second-order valence-electron chi connectivity index (χ2n) is 2.88. The summed E-state index contributed by atoms with van der Waals surface area (Å²) in [6.07, 6.45) is 3.37. The highest BCUT2D eigenvalue weighted by Crippen LogP contribution is 2.08. The van der Waals surface area contributed by atoms with Crippen LogP contribution in [-0.4, -0.2) is 28.8 Å². The van der Waals surface area contributed by atoms with E-state index in [9.17, 15) is 9.59 Å². The highest BCUT2D eigenvalue weighted by atomic mass is 127. The second-order valence-corrected chi connectivity index (χ2v) is 4.13. The number of nitrogens with one attached hydrogen (secondary N) is 2. The molecule has 7 heteroatoms. The summed E-state index contributed by atoms with van der Waals surface area (Å²) in [6.45, 7) is 1.67. The molecule has 0 bridgehead atoms. The van der Waals surface area contributed by atoms with Crippen LogP contribution in [0.1, 0.15) is 13.0 Å². The number of halogens is 1. The minimum Gasteiger partial charge on any atom is -0.341 e. The van der Waals surface area contributed by atoms with E-state index >= 15 is 0 Å². The number of hydrogen-bond acceptors (Lipinski definition) is 3. The number of imide groups is 1. The van der Waals surface area contributed by atoms with Crippen molar-refractivity contribution in [1.82, 2.24) is 20.4 Å². The van der Waals surface area contributed by atoms with Crippen molar-refractivity contribution in [3.05, 3.63) is 16.0 Å². The number of aromatic nitrogens is 2. The molecule has 0 spiro atoms. The average Bonchev–Trinajstić information content (AvgIpc) is 2.63. The van der Waals surface area contributed by atoms with Gasteiger partial charge in [-0.05, 0) is 29.5 Å². The van der Waals surface area contributed by atoms with E-state index in [1.165, 1.54) is 11.7 Å². The third-order valence-electron chi connectivity index (χ3n) is 1.81. The minimum atomic E-state index is -0.520. The standard InChI is InChI=1S/C8H11IN4O2/c1-5(7(14)12-8(15)10-2)13-4-6(9)3-11-13/h3-5H,1-2H3,(H2,10,12,14,15). The summed E-state index contributed by atoms with van der Waals surface area (Å²) < 4.78 is 2.44. The Labute approximate surface area is 101 Å². The maximum atomic E-state index is 11.5. The summed E-state index contributed by atoms with van der Waals surface area (Å²) in [5.74, 6) is -0.395. The summed E-state index contributed by atoms with van der Waals surface area (Å²) >= 11 is 2.10. The maximum absolute atomic E-state index is 11.5. The molecule has 3 amide bonds. The first kappa shape index (κ1) is 12.0. The van der Waals surface area contributed by atoms with Crippen LogP contribution < -0.4 is 10.6 Å². The van der Waals surface area contributed by atoms with Crippen LogP contribution in [0.15, 0.2) is 12.4 Å². The highest BCUT2D eigenvalue weighted by Gasteiger charge is 2.17. The van der Waals surface area contributed by atoms with Gasteiger partial charge in [-0.15, -0.1) is 0 Å². The first-order valence-electron chi connectivity index (χ1n) is 4.27. The largest absolute Gasteiger partial charge is 0.341 e. The number of amides is 3.